The lowest BCUT2D eigenvalue weighted by molar-refractivity contribution is 0.565. The lowest BCUT2D eigenvalue weighted by Crippen LogP contribution is -1.67. The van der Waals surface area contributed by atoms with Crippen molar-refractivity contribution in [3.05, 3.63) is 24.4 Å². The number of hydrogen-bond donors (Lipinski definition) is 1. The smallest absolute Gasteiger partial charge is 0.240 e. The van der Waals surface area contributed by atoms with Gasteiger partial charge in [-0.1, -0.05) is 0 Å². The molecule has 0 saturated heterocycles. The standard InChI is InChI=1S/C8H5N3O/c12-5-9-7-1-2-8-6(3-7)4-10-11-8/h1-4H,(H,10,11). The van der Waals surface area contributed by atoms with E-state index in [1.165, 1.54) is 6.08 Å². The summed E-state index contributed by atoms with van der Waals surface area (Å²) in [5.74, 6) is 0. The highest BCUT2D eigenvalue weighted by Gasteiger charge is 1.95. The number of nitrogens with one attached hydrogen (secondary N) is 1. The van der Waals surface area contributed by atoms with E-state index in [1.54, 1.807) is 18.3 Å². The maximum absolute atomic E-state index is 9.93. The van der Waals surface area contributed by atoms with Crippen LogP contribution in [0.4, 0.5) is 5.69 Å². The number of carbonyl (C=O) groups excluding carboxylic acids is 1. The van der Waals surface area contributed by atoms with Crippen molar-refractivity contribution in [1.29, 1.82) is 0 Å². The molecule has 0 aliphatic heterocycles. The van der Waals surface area contributed by atoms with Crippen LogP contribution in [0.1, 0.15) is 0 Å². The summed E-state index contributed by atoms with van der Waals surface area (Å²) < 4.78 is 0. The molecule has 0 fully saturated rings. The minimum Gasteiger partial charge on any atom is -0.278 e. The van der Waals surface area contributed by atoms with Gasteiger partial charge in [0.1, 0.15) is 0 Å². The number of aliphatic imine (C=N–C) groups is 1. The van der Waals surface area contributed by atoms with E-state index in [0.29, 0.717) is 5.69 Å². The van der Waals surface area contributed by atoms with E-state index in [-0.39, 0.29) is 0 Å². The maximum Gasteiger partial charge on any atom is 0.240 e. The summed E-state index contributed by atoms with van der Waals surface area (Å²) in [6.07, 6.45) is 3.16. The Balaban J connectivity index is 2.67. The lowest BCUT2D eigenvalue weighted by Gasteiger charge is -1.89. The zero-order valence-corrected chi connectivity index (χ0v) is 6.11. The molecular formula is C8H5N3O. The normalized spacial score (nSPS) is 9.67. The maximum atomic E-state index is 9.93. The average molecular weight is 159 g/mol. The monoisotopic (exact) mass is 159 g/mol. The predicted molar refractivity (Wildman–Crippen MR) is 43.9 cm³/mol. The topological polar surface area (TPSA) is 58.1 Å². The molecule has 0 saturated carbocycles. The predicted octanol–water partition coefficient (Wildman–Crippen LogP) is 1.53. The molecule has 0 amide bonds. The van der Waals surface area contributed by atoms with Gasteiger partial charge in [-0.3, -0.25) is 5.10 Å². The summed E-state index contributed by atoms with van der Waals surface area (Å²) in [6, 6.07) is 5.31. The first kappa shape index (κ1) is 6.76. The van der Waals surface area contributed by atoms with Crippen molar-refractivity contribution in [3.8, 4) is 0 Å². The zero-order valence-electron chi connectivity index (χ0n) is 6.11. The van der Waals surface area contributed by atoms with Crippen LogP contribution in [-0.4, -0.2) is 16.3 Å². The van der Waals surface area contributed by atoms with Crippen LogP contribution in [0.2, 0.25) is 0 Å². The number of benzene rings is 1. The first-order valence-corrected chi connectivity index (χ1v) is 3.41. The molecule has 1 aromatic carbocycles. The second-order valence-electron chi connectivity index (χ2n) is 2.34. The quantitative estimate of drug-likeness (QED) is 0.506. The zero-order chi connectivity index (χ0) is 8.39. The van der Waals surface area contributed by atoms with Crippen molar-refractivity contribution >= 4 is 22.7 Å². The Bertz CT molecular complexity index is 454. The molecule has 12 heavy (non-hydrogen) atoms. The first-order valence-electron chi connectivity index (χ1n) is 3.41. The summed E-state index contributed by atoms with van der Waals surface area (Å²) in [7, 11) is 0. The van der Waals surface area contributed by atoms with Gasteiger partial charge in [-0.2, -0.15) is 10.1 Å². The molecule has 1 heterocycles. The Morgan fingerprint density at radius 2 is 2.42 bits per heavy atom. The van der Waals surface area contributed by atoms with E-state index in [2.05, 4.69) is 15.2 Å². The van der Waals surface area contributed by atoms with Crippen molar-refractivity contribution in [2.75, 3.05) is 0 Å². The van der Waals surface area contributed by atoms with Gasteiger partial charge in [-0.25, -0.2) is 4.79 Å². The Labute approximate surface area is 67.9 Å². The molecule has 0 atom stereocenters. The van der Waals surface area contributed by atoms with Crippen LogP contribution in [0.5, 0.6) is 0 Å². The van der Waals surface area contributed by atoms with Crippen LogP contribution < -0.4 is 0 Å². The molecular weight excluding hydrogens is 154 g/mol. The molecule has 1 aromatic heterocycles. The van der Waals surface area contributed by atoms with Crippen LogP contribution in [-0.2, 0) is 4.79 Å². The van der Waals surface area contributed by atoms with Gasteiger partial charge in [-0.15, -0.1) is 0 Å². The third-order valence-corrected chi connectivity index (χ3v) is 1.60. The summed E-state index contributed by atoms with van der Waals surface area (Å²) in [5, 5.41) is 7.57. The van der Waals surface area contributed by atoms with E-state index >= 15 is 0 Å². The molecule has 4 heteroatoms. The highest BCUT2D eigenvalue weighted by atomic mass is 16.1. The number of aromatic nitrogens is 2. The molecule has 1 N–H and O–H groups in total. The van der Waals surface area contributed by atoms with Crippen molar-refractivity contribution < 1.29 is 4.79 Å². The van der Waals surface area contributed by atoms with Crippen molar-refractivity contribution in [2.24, 2.45) is 4.99 Å². The molecule has 0 radical (unpaired) electrons. The number of aromatic amines is 1. The largest absolute Gasteiger partial charge is 0.278 e. The van der Waals surface area contributed by atoms with Gasteiger partial charge in [-0.05, 0) is 18.2 Å². The second kappa shape index (κ2) is 2.60. The molecule has 0 spiro atoms. The number of rotatable bonds is 1. The molecule has 2 aromatic rings. The minimum absolute atomic E-state index is 0.596. The van der Waals surface area contributed by atoms with Gasteiger partial charge in [0.15, 0.2) is 0 Å². The number of isocyanates is 1. The molecule has 0 unspecified atom stereocenters. The molecule has 2 rings (SSSR count). The highest BCUT2D eigenvalue weighted by molar-refractivity contribution is 5.81. The van der Waals surface area contributed by atoms with Gasteiger partial charge in [0.2, 0.25) is 6.08 Å². The minimum atomic E-state index is 0.596. The number of fused-ring (bicyclic) bond motifs is 1. The third-order valence-electron chi connectivity index (χ3n) is 1.60. The van der Waals surface area contributed by atoms with Crippen LogP contribution in [0, 0.1) is 0 Å². The number of H-pyrrole nitrogens is 1. The summed E-state index contributed by atoms with van der Waals surface area (Å²) in [4.78, 5) is 13.4. The highest BCUT2D eigenvalue weighted by Crippen LogP contribution is 2.18. The van der Waals surface area contributed by atoms with E-state index < -0.39 is 0 Å². The Morgan fingerprint density at radius 3 is 3.25 bits per heavy atom. The van der Waals surface area contributed by atoms with Gasteiger partial charge in [0, 0.05) is 5.39 Å². The fraction of sp³-hybridized carbons (Fsp3) is 0. The first-order chi connectivity index (χ1) is 5.90. The van der Waals surface area contributed by atoms with Crippen molar-refractivity contribution in [1.82, 2.24) is 10.2 Å². The summed E-state index contributed by atoms with van der Waals surface area (Å²) >= 11 is 0. The average Bonchev–Trinajstić information content (AvgIpc) is 2.51. The van der Waals surface area contributed by atoms with Gasteiger partial charge >= 0.3 is 0 Å². The van der Waals surface area contributed by atoms with E-state index in [1.807, 2.05) is 6.07 Å². The van der Waals surface area contributed by atoms with Crippen LogP contribution in [0.25, 0.3) is 10.9 Å². The van der Waals surface area contributed by atoms with Crippen LogP contribution in [0.3, 0.4) is 0 Å². The fourth-order valence-electron chi connectivity index (χ4n) is 1.05. The molecule has 0 bridgehead atoms. The van der Waals surface area contributed by atoms with E-state index in [4.69, 9.17) is 0 Å². The Hall–Kier alpha value is -1.93. The van der Waals surface area contributed by atoms with E-state index in [0.717, 1.165) is 10.9 Å². The Kier molecular flexibility index (Phi) is 1.47. The van der Waals surface area contributed by atoms with Crippen molar-refractivity contribution in [3.63, 3.8) is 0 Å². The molecule has 4 nitrogen and oxygen atoms in total. The van der Waals surface area contributed by atoms with Gasteiger partial charge in [0.05, 0.1) is 17.4 Å². The fourth-order valence-corrected chi connectivity index (χ4v) is 1.05. The molecule has 0 aliphatic carbocycles. The second-order valence-corrected chi connectivity index (χ2v) is 2.34. The SMILES string of the molecule is O=C=Nc1ccc2[nH]ncc2c1. The van der Waals surface area contributed by atoms with Gasteiger partial charge < -0.3 is 0 Å². The van der Waals surface area contributed by atoms with Crippen molar-refractivity contribution in [2.45, 2.75) is 0 Å². The number of nitrogens with zero attached hydrogens (tertiary/aromatic N) is 2. The molecule has 0 aliphatic rings. The van der Waals surface area contributed by atoms with E-state index in [9.17, 15) is 4.79 Å². The Morgan fingerprint density at radius 1 is 1.50 bits per heavy atom. The van der Waals surface area contributed by atoms with Crippen LogP contribution >= 0.6 is 0 Å². The molecule has 58 valence electrons. The third kappa shape index (κ3) is 1.00. The van der Waals surface area contributed by atoms with Crippen LogP contribution in [0.15, 0.2) is 29.4 Å². The number of hydrogen-bond acceptors (Lipinski definition) is 3. The van der Waals surface area contributed by atoms with Gasteiger partial charge in [0.25, 0.3) is 0 Å². The summed E-state index contributed by atoms with van der Waals surface area (Å²) in [6.45, 7) is 0. The summed E-state index contributed by atoms with van der Waals surface area (Å²) in [5.41, 5.74) is 1.53. The lowest BCUT2D eigenvalue weighted by atomic mass is 10.2.